The Kier molecular flexibility index (Phi) is 6.79. The van der Waals surface area contributed by atoms with Crippen molar-refractivity contribution < 1.29 is 18.7 Å². The molecule has 0 atom stereocenters. The summed E-state index contributed by atoms with van der Waals surface area (Å²) in [6, 6.07) is 0. The molecule has 0 saturated carbocycles. The van der Waals surface area contributed by atoms with Gasteiger partial charge in [-0.15, -0.1) is 10.2 Å². The minimum Gasteiger partial charge on any atom is -0.475 e. The smallest absolute Gasteiger partial charge is 0.374 e. The fourth-order valence-electron chi connectivity index (χ4n) is 1.05. The zero-order chi connectivity index (χ0) is 14.3. The summed E-state index contributed by atoms with van der Waals surface area (Å²) in [5.74, 6) is -0.607. The molecule has 0 aliphatic heterocycles. The van der Waals surface area contributed by atoms with Crippen LogP contribution in [0.5, 0.6) is 0 Å². The molecule has 9 heteroatoms. The van der Waals surface area contributed by atoms with Crippen molar-refractivity contribution in [2.75, 3.05) is 25.5 Å². The number of carboxylic acids is 1. The molecule has 0 radical (unpaired) electrons. The lowest BCUT2D eigenvalue weighted by molar-refractivity contribution is 0.0679. The fourth-order valence-corrected chi connectivity index (χ4v) is 1.05. The summed E-state index contributed by atoms with van der Waals surface area (Å²) in [5.41, 5.74) is 0. The van der Waals surface area contributed by atoms with Gasteiger partial charge in [-0.3, -0.25) is 9.88 Å². The van der Waals surface area contributed by atoms with Crippen LogP contribution < -0.4 is 10.2 Å². The van der Waals surface area contributed by atoms with Crippen molar-refractivity contribution in [1.29, 1.82) is 0 Å². The van der Waals surface area contributed by atoms with Gasteiger partial charge in [-0.1, -0.05) is 6.92 Å². The zero-order valence-electron chi connectivity index (χ0n) is 10.7. The van der Waals surface area contributed by atoms with E-state index in [0.29, 0.717) is 12.5 Å². The van der Waals surface area contributed by atoms with Crippen molar-refractivity contribution in [3.05, 3.63) is 5.82 Å². The lowest BCUT2D eigenvalue weighted by atomic mass is 10.6. The molecule has 0 unspecified atom stereocenters. The molecular weight excluding hydrogens is 248 g/mol. The van der Waals surface area contributed by atoms with Gasteiger partial charge in [0.25, 0.3) is 6.55 Å². The van der Waals surface area contributed by atoms with Crippen LogP contribution in [0, 0.1) is 0 Å². The molecule has 0 bridgehead atoms. The molecule has 7 nitrogen and oxygen atoms in total. The maximum absolute atomic E-state index is 10.9. The molecule has 1 rings (SSSR count). The molecule has 0 amide bonds. The second-order valence-electron chi connectivity index (χ2n) is 3.44. The maximum atomic E-state index is 10.9. The van der Waals surface area contributed by atoms with E-state index in [1.54, 1.807) is 33.0 Å². The first-order valence-electron chi connectivity index (χ1n) is 5.12. The molecular formula is C9H17F2N5O2. The van der Waals surface area contributed by atoms with Gasteiger partial charge in [-0.05, 0) is 6.54 Å². The van der Waals surface area contributed by atoms with Crippen molar-refractivity contribution in [2.45, 2.75) is 13.5 Å². The van der Waals surface area contributed by atoms with E-state index in [0.717, 1.165) is 0 Å². The van der Waals surface area contributed by atoms with Gasteiger partial charge in [0.1, 0.15) is 0 Å². The number of alkyl halides is 2. The van der Waals surface area contributed by atoms with E-state index in [1.165, 1.54) is 4.57 Å². The van der Waals surface area contributed by atoms with Crippen LogP contribution in [-0.2, 0) is 7.05 Å². The van der Waals surface area contributed by atoms with Gasteiger partial charge in [0.05, 0.1) is 0 Å². The van der Waals surface area contributed by atoms with E-state index >= 15 is 0 Å². The number of anilines is 1. The number of hydrogen-bond acceptors (Lipinski definition) is 5. The predicted molar refractivity (Wildman–Crippen MR) is 62.0 cm³/mol. The molecule has 104 valence electrons. The lowest BCUT2D eigenvalue weighted by Crippen LogP contribution is -2.18. The molecule has 0 fully saturated rings. The number of aromatic carboxylic acids is 1. The average molecular weight is 265 g/mol. The summed E-state index contributed by atoms with van der Waals surface area (Å²) in [4.78, 5) is 12.2. The quantitative estimate of drug-likeness (QED) is 0.767. The Hall–Kier alpha value is -1.77. The van der Waals surface area contributed by atoms with Crippen molar-refractivity contribution in [1.82, 2.24) is 20.1 Å². The fraction of sp³-hybridized carbons (Fsp3) is 0.667. The Morgan fingerprint density at radius 2 is 2.06 bits per heavy atom. The monoisotopic (exact) mass is 265 g/mol. The molecule has 0 aliphatic rings. The van der Waals surface area contributed by atoms with E-state index in [2.05, 4.69) is 10.2 Å². The third-order valence-corrected chi connectivity index (χ3v) is 1.80. The molecule has 0 saturated heterocycles. The minimum atomic E-state index is -2.35. The first-order valence-corrected chi connectivity index (χ1v) is 5.12. The van der Waals surface area contributed by atoms with Crippen LogP contribution >= 0.6 is 0 Å². The van der Waals surface area contributed by atoms with Crippen LogP contribution in [0.1, 0.15) is 17.5 Å². The standard InChI is InChI=1S/C6H10N4O2.C3H7F2N/c1-9(2)6-8-7-4(5(11)12)10(6)3;1-2-6-3(4)5/h1-3H3,(H,11,12);3,6H,2H2,1H3. The normalized spacial score (nSPS) is 9.94. The lowest BCUT2D eigenvalue weighted by Gasteiger charge is -2.09. The highest BCUT2D eigenvalue weighted by atomic mass is 19.3. The van der Waals surface area contributed by atoms with Crippen LogP contribution in [0.25, 0.3) is 0 Å². The summed E-state index contributed by atoms with van der Waals surface area (Å²) in [6.45, 7) is -0.390. The van der Waals surface area contributed by atoms with Gasteiger partial charge < -0.3 is 10.0 Å². The van der Waals surface area contributed by atoms with Crippen LogP contribution in [0.4, 0.5) is 14.7 Å². The average Bonchev–Trinajstić information content (AvgIpc) is 2.60. The van der Waals surface area contributed by atoms with Crippen molar-refractivity contribution in [3.8, 4) is 0 Å². The van der Waals surface area contributed by atoms with Gasteiger partial charge >= 0.3 is 5.97 Å². The number of halogens is 2. The number of carboxylic acid groups (broad SMARTS) is 1. The van der Waals surface area contributed by atoms with E-state index in [4.69, 9.17) is 5.11 Å². The molecule has 1 aromatic heterocycles. The largest absolute Gasteiger partial charge is 0.475 e. The SMILES string of the molecule is CCNC(F)F.CN(C)c1nnc(C(=O)O)n1C. The van der Waals surface area contributed by atoms with E-state index in [1.807, 2.05) is 5.32 Å². The molecule has 0 aromatic carbocycles. The Morgan fingerprint density at radius 3 is 2.22 bits per heavy atom. The first-order chi connectivity index (χ1) is 8.31. The second-order valence-corrected chi connectivity index (χ2v) is 3.44. The number of hydrogen-bond donors (Lipinski definition) is 2. The Labute approximate surface area is 103 Å². The van der Waals surface area contributed by atoms with Crippen LogP contribution in [0.3, 0.4) is 0 Å². The predicted octanol–water partition coefficient (Wildman–Crippen LogP) is 0.398. The van der Waals surface area contributed by atoms with E-state index in [-0.39, 0.29) is 5.82 Å². The number of nitrogens with zero attached hydrogens (tertiary/aromatic N) is 4. The third kappa shape index (κ3) is 5.04. The summed E-state index contributed by atoms with van der Waals surface area (Å²) in [7, 11) is 5.16. The minimum absolute atomic E-state index is 0.0568. The number of carbonyl (C=O) groups is 1. The van der Waals surface area contributed by atoms with E-state index < -0.39 is 12.5 Å². The molecule has 18 heavy (non-hydrogen) atoms. The first kappa shape index (κ1) is 16.2. The Bertz CT molecular complexity index is 381. The molecule has 2 N–H and O–H groups in total. The zero-order valence-corrected chi connectivity index (χ0v) is 10.7. The molecule has 1 aromatic rings. The number of rotatable bonds is 4. The molecule has 0 aliphatic carbocycles. The van der Waals surface area contributed by atoms with Crippen molar-refractivity contribution in [2.24, 2.45) is 7.05 Å². The van der Waals surface area contributed by atoms with Crippen LogP contribution in [0.15, 0.2) is 0 Å². The van der Waals surface area contributed by atoms with Crippen LogP contribution in [0.2, 0.25) is 0 Å². The highest BCUT2D eigenvalue weighted by Gasteiger charge is 2.15. The molecule has 0 spiro atoms. The Balaban J connectivity index is 0.000000411. The van der Waals surface area contributed by atoms with Gasteiger partial charge in [0.2, 0.25) is 11.8 Å². The summed E-state index contributed by atoms with van der Waals surface area (Å²) < 4.78 is 23.3. The van der Waals surface area contributed by atoms with Gasteiger partial charge in [-0.25, -0.2) is 4.79 Å². The Morgan fingerprint density at radius 1 is 1.50 bits per heavy atom. The highest BCUT2D eigenvalue weighted by Crippen LogP contribution is 2.06. The van der Waals surface area contributed by atoms with E-state index in [9.17, 15) is 13.6 Å². The van der Waals surface area contributed by atoms with Crippen molar-refractivity contribution >= 4 is 11.9 Å². The number of aromatic nitrogens is 3. The maximum Gasteiger partial charge on any atom is 0.374 e. The topological polar surface area (TPSA) is 83.3 Å². The summed E-state index contributed by atoms with van der Waals surface area (Å²) in [5, 5.41) is 17.7. The second kappa shape index (κ2) is 7.54. The highest BCUT2D eigenvalue weighted by molar-refractivity contribution is 5.83. The van der Waals surface area contributed by atoms with Crippen LogP contribution in [-0.4, -0.2) is 53.0 Å². The number of nitrogens with one attached hydrogen (secondary N) is 1. The van der Waals surface area contributed by atoms with Gasteiger partial charge in [0, 0.05) is 21.1 Å². The van der Waals surface area contributed by atoms with Gasteiger partial charge in [0.15, 0.2) is 0 Å². The van der Waals surface area contributed by atoms with Gasteiger partial charge in [-0.2, -0.15) is 8.78 Å². The summed E-state index contributed by atoms with van der Waals surface area (Å²) >= 11 is 0. The van der Waals surface area contributed by atoms with Crippen molar-refractivity contribution in [3.63, 3.8) is 0 Å². The molecule has 1 heterocycles. The third-order valence-electron chi connectivity index (χ3n) is 1.80. The summed E-state index contributed by atoms with van der Waals surface area (Å²) in [6.07, 6.45) is 0.